The Morgan fingerprint density at radius 1 is 1.22 bits per heavy atom. The van der Waals surface area contributed by atoms with Crippen molar-refractivity contribution in [3.05, 3.63) is 82.7 Å². The zero-order valence-electron chi connectivity index (χ0n) is 20.9. The fraction of sp³-hybridized carbons (Fsp3) is 0.259. The Hall–Kier alpha value is -4.02. The minimum absolute atomic E-state index is 0.130. The molecule has 0 atom stereocenters. The lowest BCUT2D eigenvalue weighted by atomic mass is 9.73. The third kappa shape index (κ3) is 5.71. The van der Waals surface area contributed by atoms with E-state index in [1.165, 1.54) is 13.3 Å². The van der Waals surface area contributed by atoms with Crippen molar-refractivity contribution in [2.24, 2.45) is 5.73 Å². The summed E-state index contributed by atoms with van der Waals surface area (Å²) < 4.78 is 10.8. The van der Waals surface area contributed by atoms with Crippen LogP contribution in [-0.2, 0) is 14.9 Å². The summed E-state index contributed by atoms with van der Waals surface area (Å²) in [6, 6.07) is 7.73. The number of aromatic nitrogens is 3. The van der Waals surface area contributed by atoms with E-state index in [9.17, 15) is 4.79 Å². The third-order valence-corrected chi connectivity index (χ3v) is 7.08. The van der Waals surface area contributed by atoms with Gasteiger partial charge in [-0.3, -0.25) is 4.79 Å². The molecule has 0 spiro atoms. The molecule has 2 aromatic heterocycles. The van der Waals surface area contributed by atoms with Gasteiger partial charge < -0.3 is 26.3 Å². The minimum Gasteiger partial charge on any atom is -0.478 e. The maximum Gasteiger partial charge on any atom is 0.257 e. The molecular weight excluding hydrogens is 488 g/mol. The topological polar surface area (TPSA) is 138 Å². The van der Waals surface area contributed by atoms with Crippen molar-refractivity contribution < 1.29 is 14.3 Å². The van der Waals surface area contributed by atoms with E-state index in [0.717, 1.165) is 27.4 Å². The summed E-state index contributed by atoms with van der Waals surface area (Å²) in [6.07, 6.45) is 7.71. The highest BCUT2D eigenvalue weighted by atomic mass is 32.1. The molecule has 3 aromatic rings. The number of carbonyl (C=O) groups is 1. The summed E-state index contributed by atoms with van der Waals surface area (Å²) >= 11 is 1.55. The second-order valence-corrected chi connectivity index (χ2v) is 9.67. The van der Waals surface area contributed by atoms with Crippen molar-refractivity contribution in [2.45, 2.75) is 25.2 Å². The number of hydrogen-bond acceptors (Lipinski definition) is 9. The molecular formula is C27H30N6O3S. The minimum atomic E-state index is -0.753. The number of ether oxygens (including phenoxy) is 2. The number of thiazole rings is 1. The van der Waals surface area contributed by atoms with Crippen molar-refractivity contribution in [1.82, 2.24) is 20.3 Å². The summed E-state index contributed by atoms with van der Waals surface area (Å²) in [5.74, 6) is 0.367. The molecule has 9 nitrogen and oxygen atoms in total. The summed E-state index contributed by atoms with van der Waals surface area (Å²) in [4.78, 5) is 26.6. The number of nitrogens with two attached hydrogens (primary N) is 2. The van der Waals surface area contributed by atoms with Crippen LogP contribution < -0.4 is 21.5 Å². The highest BCUT2D eigenvalue weighted by Gasteiger charge is 2.41. The number of nitrogen functional groups attached to an aromatic ring is 1. The van der Waals surface area contributed by atoms with Crippen LogP contribution in [0.2, 0.25) is 0 Å². The van der Waals surface area contributed by atoms with Crippen LogP contribution in [0.25, 0.3) is 16.8 Å². The molecule has 192 valence electrons. The Morgan fingerprint density at radius 3 is 2.57 bits per heavy atom. The van der Waals surface area contributed by atoms with Crippen LogP contribution in [-0.4, -0.2) is 41.2 Å². The van der Waals surface area contributed by atoms with Gasteiger partial charge in [0.15, 0.2) is 5.82 Å². The van der Waals surface area contributed by atoms with Crippen molar-refractivity contribution >= 4 is 28.6 Å². The molecule has 0 unspecified atom stereocenters. The van der Waals surface area contributed by atoms with Crippen molar-refractivity contribution in [3.8, 4) is 17.1 Å². The van der Waals surface area contributed by atoms with Gasteiger partial charge in [0.1, 0.15) is 0 Å². The SMILES string of the molecule is C=C(/C=C\C(=C/N)c1csc(C)n1)NC(=O)C1(c2ccc(-c3cnc(N)c(OC)n3)cc2)CCOCC1. The maximum atomic E-state index is 13.6. The molecule has 5 N–H and O–H groups in total. The van der Waals surface area contributed by atoms with E-state index < -0.39 is 5.41 Å². The number of rotatable bonds is 8. The second kappa shape index (κ2) is 11.4. The maximum absolute atomic E-state index is 13.6. The number of amides is 1. The van der Waals surface area contributed by atoms with E-state index in [0.29, 0.717) is 37.4 Å². The van der Waals surface area contributed by atoms with Gasteiger partial charge >= 0.3 is 0 Å². The predicted molar refractivity (Wildman–Crippen MR) is 146 cm³/mol. The van der Waals surface area contributed by atoms with E-state index >= 15 is 0 Å². The van der Waals surface area contributed by atoms with Crippen LogP contribution in [0, 0.1) is 6.92 Å². The summed E-state index contributed by atoms with van der Waals surface area (Å²) in [7, 11) is 1.50. The van der Waals surface area contributed by atoms with Crippen molar-refractivity contribution in [1.29, 1.82) is 0 Å². The van der Waals surface area contributed by atoms with Crippen LogP contribution in [0.4, 0.5) is 5.82 Å². The Balaban J connectivity index is 1.53. The van der Waals surface area contributed by atoms with Gasteiger partial charge in [0, 0.05) is 41.6 Å². The Bertz CT molecular complexity index is 1340. The Morgan fingerprint density at radius 2 is 1.95 bits per heavy atom. The van der Waals surface area contributed by atoms with E-state index in [1.807, 2.05) is 36.6 Å². The zero-order chi connectivity index (χ0) is 26.4. The van der Waals surface area contributed by atoms with Crippen LogP contribution in [0.15, 0.2) is 66.5 Å². The molecule has 1 aliphatic heterocycles. The van der Waals surface area contributed by atoms with Gasteiger partial charge in [-0.25, -0.2) is 15.0 Å². The van der Waals surface area contributed by atoms with Gasteiger partial charge in [-0.1, -0.05) is 30.8 Å². The molecule has 0 radical (unpaired) electrons. The predicted octanol–water partition coefficient (Wildman–Crippen LogP) is 3.73. The molecule has 1 saturated heterocycles. The molecule has 1 aliphatic rings. The monoisotopic (exact) mass is 518 g/mol. The van der Waals surface area contributed by atoms with Crippen LogP contribution in [0.3, 0.4) is 0 Å². The molecule has 4 rings (SSSR count). The number of benzene rings is 1. The number of aryl methyl sites for hydroxylation is 1. The first-order chi connectivity index (χ1) is 17.9. The van der Waals surface area contributed by atoms with E-state index in [1.54, 1.807) is 29.7 Å². The standard InChI is InChI=1S/C27H30N6O3S/c1-17(4-5-20(14-28)23-16-37-18(2)32-23)31-26(34)27(10-12-36-13-11-27)21-8-6-19(7-9-21)22-15-30-24(29)25(33-22)35-3/h4-9,14-16H,1,10-13,28H2,2-3H3,(H2,29,30)(H,31,34)/b5-4-,20-14+. The summed E-state index contributed by atoms with van der Waals surface area (Å²) in [5.41, 5.74) is 15.2. The molecule has 1 fully saturated rings. The highest BCUT2D eigenvalue weighted by Crippen LogP contribution is 2.36. The van der Waals surface area contributed by atoms with Crippen molar-refractivity contribution in [3.63, 3.8) is 0 Å². The lowest BCUT2D eigenvalue weighted by molar-refractivity contribution is -0.129. The van der Waals surface area contributed by atoms with E-state index in [-0.39, 0.29) is 17.6 Å². The highest BCUT2D eigenvalue weighted by molar-refractivity contribution is 7.09. The van der Waals surface area contributed by atoms with Gasteiger partial charge in [0.25, 0.3) is 5.88 Å². The summed E-state index contributed by atoms with van der Waals surface area (Å²) in [5, 5.41) is 5.86. The quantitative estimate of drug-likeness (QED) is 0.384. The van der Waals surface area contributed by atoms with Gasteiger partial charge in [0.2, 0.25) is 5.91 Å². The fourth-order valence-corrected chi connectivity index (χ4v) is 4.84. The first kappa shape index (κ1) is 26.1. The molecule has 3 heterocycles. The largest absolute Gasteiger partial charge is 0.478 e. The van der Waals surface area contributed by atoms with Gasteiger partial charge in [-0.15, -0.1) is 11.3 Å². The Labute approximate surface area is 219 Å². The number of carbonyl (C=O) groups excluding carboxylic acids is 1. The first-order valence-electron chi connectivity index (χ1n) is 11.7. The number of nitrogens with one attached hydrogen (secondary N) is 1. The Kier molecular flexibility index (Phi) is 8.00. The molecule has 10 heteroatoms. The van der Waals surface area contributed by atoms with Gasteiger partial charge in [-0.05, 0) is 37.5 Å². The van der Waals surface area contributed by atoms with E-state index in [4.69, 9.17) is 20.9 Å². The lowest BCUT2D eigenvalue weighted by Gasteiger charge is -2.36. The van der Waals surface area contributed by atoms with Crippen LogP contribution in [0.1, 0.15) is 29.1 Å². The molecule has 37 heavy (non-hydrogen) atoms. The lowest BCUT2D eigenvalue weighted by Crippen LogP contribution is -2.47. The smallest absolute Gasteiger partial charge is 0.257 e. The number of methoxy groups -OCH3 is 1. The average molecular weight is 519 g/mol. The van der Waals surface area contributed by atoms with Crippen LogP contribution in [0.5, 0.6) is 5.88 Å². The molecule has 0 aliphatic carbocycles. The van der Waals surface area contributed by atoms with Crippen molar-refractivity contribution in [2.75, 3.05) is 26.1 Å². The third-order valence-electron chi connectivity index (χ3n) is 6.31. The zero-order valence-corrected chi connectivity index (χ0v) is 21.7. The number of hydrogen-bond donors (Lipinski definition) is 3. The van der Waals surface area contributed by atoms with E-state index in [2.05, 4.69) is 26.8 Å². The van der Waals surface area contributed by atoms with Gasteiger partial charge in [0.05, 0.1) is 35.1 Å². The molecule has 0 bridgehead atoms. The first-order valence-corrected chi connectivity index (χ1v) is 12.6. The normalized spacial score (nSPS) is 15.5. The fourth-order valence-electron chi connectivity index (χ4n) is 4.22. The summed E-state index contributed by atoms with van der Waals surface area (Å²) in [6.45, 7) is 6.93. The number of allylic oxidation sites excluding steroid dienone is 3. The van der Waals surface area contributed by atoms with Crippen LogP contribution >= 0.6 is 11.3 Å². The number of anilines is 1. The molecule has 1 amide bonds. The molecule has 0 saturated carbocycles. The number of nitrogens with zero attached hydrogens (tertiary/aromatic N) is 3. The van der Waals surface area contributed by atoms with Gasteiger partial charge in [-0.2, -0.15) is 0 Å². The molecule has 1 aromatic carbocycles. The second-order valence-electron chi connectivity index (χ2n) is 8.61. The average Bonchev–Trinajstić information content (AvgIpc) is 3.35.